The number of fused-ring (bicyclic) bond motifs is 2. The number of carbonyl (C=O) groups is 2. The standard InChI is InChI=1S/C19H20N2O3/c1-11(22)12-3-2-4-13(9-12)17-7-8-18(24-17)19(23)21-16-10-14-5-6-15(16)20-14/h2-4,7-9,14-16,20H,5-6,10H2,1H3,(H,21,23)/t14-,15+,16-/m1/s1. The zero-order chi connectivity index (χ0) is 16.7. The zero-order valence-corrected chi connectivity index (χ0v) is 13.5. The van der Waals surface area contributed by atoms with Crippen LogP contribution in [-0.4, -0.2) is 29.8 Å². The molecule has 5 heteroatoms. The summed E-state index contributed by atoms with van der Waals surface area (Å²) in [5, 5.41) is 6.58. The topological polar surface area (TPSA) is 71.3 Å². The Hall–Kier alpha value is -2.40. The van der Waals surface area contributed by atoms with Crippen molar-refractivity contribution in [3.8, 4) is 11.3 Å². The fraction of sp³-hybridized carbons (Fsp3) is 0.368. The van der Waals surface area contributed by atoms with Crippen molar-refractivity contribution < 1.29 is 14.0 Å². The minimum absolute atomic E-state index is 0.00478. The summed E-state index contributed by atoms with van der Waals surface area (Å²) < 4.78 is 5.71. The monoisotopic (exact) mass is 324 g/mol. The van der Waals surface area contributed by atoms with Gasteiger partial charge in [-0.25, -0.2) is 0 Å². The smallest absolute Gasteiger partial charge is 0.287 e. The molecule has 2 aliphatic heterocycles. The van der Waals surface area contributed by atoms with Crippen LogP contribution in [0.25, 0.3) is 11.3 Å². The molecule has 24 heavy (non-hydrogen) atoms. The van der Waals surface area contributed by atoms with Crippen LogP contribution in [0.5, 0.6) is 0 Å². The second-order valence-corrected chi connectivity index (χ2v) is 6.66. The van der Waals surface area contributed by atoms with Gasteiger partial charge in [0, 0.05) is 29.3 Å². The minimum atomic E-state index is -0.177. The molecule has 0 radical (unpaired) electrons. The van der Waals surface area contributed by atoms with Gasteiger partial charge in [-0.15, -0.1) is 0 Å². The summed E-state index contributed by atoms with van der Waals surface area (Å²) in [6.45, 7) is 1.53. The lowest BCUT2D eigenvalue weighted by Gasteiger charge is -2.20. The summed E-state index contributed by atoms with van der Waals surface area (Å²) in [5.74, 6) is 0.726. The molecule has 2 bridgehead atoms. The number of rotatable bonds is 4. The molecule has 3 heterocycles. The lowest BCUT2D eigenvalue weighted by atomic mass is 9.95. The number of carbonyl (C=O) groups excluding carboxylic acids is 2. The number of amides is 1. The Morgan fingerprint density at radius 2 is 2.08 bits per heavy atom. The Labute approximate surface area is 140 Å². The number of hydrogen-bond acceptors (Lipinski definition) is 4. The third kappa shape index (κ3) is 2.76. The molecule has 2 saturated heterocycles. The number of benzene rings is 1. The quantitative estimate of drug-likeness (QED) is 0.848. The molecule has 3 atom stereocenters. The summed E-state index contributed by atoms with van der Waals surface area (Å²) in [4.78, 5) is 23.9. The van der Waals surface area contributed by atoms with Crippen LogP contribution in [-0.2, 0) is 0 Å². The maximum absolute atomic E-state index is 12.4. The minimum Gasteiger partial charge on any atom is -0.451 e. The van der Waals surface area contributed by atoms with Gasteiger partial charge in [0.2, 0.25) is 0 Å². The van der Waals surface area contributed by atoms with E-state index in [0.29, 0.717) is 29.2 Å². The third-order valence-electron chi connectivity index (χ3n) is 5.00. The number of nitrogens with one attached hydrogen (secondary N) is 2. The Balaban J connectivity index is 1.49. The van der Waals surface area contributed by atoms with Crippen molar-refractivity contribution in [1.29, 1.82) is 0 Å². The lowest BCUT2D eigenvalue weighted by molar-refractivity contribution is 0.0903. The van der Waals surface area contributed by atoms with E-state index in [2.05, 4.69) is 10.6 Å². The molecule has 0 aliphatic carbocycles. The molecule has 1 amide bonds. The second kappa shape index (κ2) is 5.91. The first-order chi connectivity index (χ1) is 11.6. The molecule has 0 spiro atoms. The van der Waals surface area contributed by atoms with Crippen LogP contribution < -0.4 is 10.6 Å². The van der Waals surface area contributed by atoms with Crippen molar-refractivity contribution in [2.24, 2.45) is 0 Å². The molecule has 0 unspecified atom stereocenters. The van der Waals surface area contributed by atoms with E-state index in [9.17, 15) is 9.59 Å². The predicted molar refractivity (Wildman–Crippen MR) is 90.0 cm³/mol. The number of ketones is 1. The lowest BCUT2D eigenvalue weighted by Crippen LogP contribution is -2.42. The van der Waals surface area contributed by atoms with Crippen LogP contribution in [0.3, 0.4) is 0 Å². The maximum atomic E-state index is 12.4. The normalized spacial score (nSPS) is 25.0. The molecule has 4 rings (SSSR count). The van der Waals surface area contributed by atoms with Crippen LogP contribution in [0, 0.1) is 0 Å². The average molecular weight is 324 g/mol. The van der Waals surface area contributed by atoms with E-state index in [0.717, 1.165) is 18.4 Å². The van der Waals surface area contributed by atoms with E-state index in [1.165, 1.54) is 13.3 Å². The first-order valence-electron chi connectivity index (χ1n) is 8.38. The van der Waals surface area contributed by atoms with Crippen LogP contribution in [0.2, 0.25) is 0 Å². The van der Waals surface area contributed by atoms with Crippen molar-refractivity contribution in [2.45, 2.75) is 44.3 Å². The van der Waals surface area contributed by atoms with Crippen molar-refractivity contribution in [1.82, 2.24) is 10.6 Å². The summed E-state index contributed by atoms with van der Waals surface area (Å²) in [6.07, 6.45) is 3.32. The fourth-order valence-corrected chi connectivity index (χ4v) is 3.73. The zero-order valence-electron chi connectivity index (χ0n) is 13.5. The average Bonchev–Trinajstić information content (AvgIpc) is 3.31. The van der Waals surface area contributed by atoms with E-state index >= 15 is 0 Å². The first-order valence-corrected chi connectivity index (χ1v) is 8.38. The molecule has 0 saturated carbocycles. The van der Waals surface area contributed by atoms with Gasteiger partial charge in [-0.2, -0.15) is 0 Å². The maximum Gasteiger partial charge on any atom is 0.287 e. The molecule has 2 aromatic rings. The molecule has 124 valence electrons. The molecular weight excluding hydrogens is 304 g/mol. The van der Waals surface area contributed by atoms with Gasteiger partial charge in [0.1, 0.15) is 5.76 Å². The highest BCUT2D eigenvalue weighted by Gasteiger charge is 2.39. The summed E-state index contributed by atoms with van der Waals surface area (Å²) in [5.41, 5.74) is 1.42. The molecular formula is C19H20N2O3. The van der Waals surface area contributed by atoms with Crippen molar-refractivity contribution in [3.05, 3.63) is 47.7 Å². The number of hydrogen-bond donors (Lipinski definition) is 2. The Morgan fingerprint density at radius 1 is 1.21 bits per heavy atom. The SMILES string of the molecule is CC(=O)c1cccc(-c2ccc(C(=O)N[C@@H]3C[C@H]4CC[C@@H]3N4)o2)c1. The number of Topliss-reactive ketones (excluding diaryl/α,β-unsaturated/α-hetero) is 1. The van der Waals surface area contributed by atoms with Crippen molar-refractivity contribution in [2.75, 3.05) is 0 Å². The van der Waals surface area contributed by atoms with E-state index in [1.54, 1.807) is 24.3 Å². The van der Waals surface area contributed by atoms with Crippen LogP contribution in [0.15, 0.2) is 40.8 Å². The Morgan fingerprint density at radius 3 is 2.79 bits per heavy atom. The van der Waals surface area contributed by atoms with Gasteiger partial charge in [-0.1, -0.05) is 18.2 Å². The van der Waals surface area contributed by atoms with Crippen molar-refractivity contribution >= 4 is 11.7 Å². The largest absolute Gasteiger partial charge is 0.451 e. The van der Waals surface area contributed by atoms with E-state index in [1.807, 2.05) is 12.1 Å². The Kier molecular flexibility index (Phi) is 3.73. The van der Waals surface area contributed by atoms with Crippen LogP contribution >= 0.6 is 0 Å². The molecule has 1 aromatic heterocycles. The number of furan rings is 1. The van der Waals surface area contributed by atoms with E-state index in [4.69, 9.17) is 4.42 Å². The van der Waals surface area contributed by atoms with Gasteiger partial charge >= 0.3 is 0 Å². The van der Waals surface area contributed by atoms with Gasteiger partial charge in [-0.3, -0.25) is 9.59 Å². The molecule has 5 nitrogen and oxygen atoms in total. The Bertz CT molecular complexity index is 795. The summed E-state index contributed by atoms with van der Waals surface area (Å²) >= 11 is 0. The molecule has 2 aliphatic rings. The summed E-state index contributed by atoms with van der Waals surface area (Å²) in [7, 11) is 0. The fourth-order valence-electron chi connectivity index (χ4n) is 3.73. The van der Waals surface area contributed by atoms with Gasteiger partial charge in [-0.05, 0) is 44.4 Å². The molecule has 2 N–H and O–H groups in total. The van der Waals surface area contributed by atoms with Crippen LogP contribution in [0.4, 0.5) is 0 Å². The van der Waals surface area contributed by atoms with Gasteiger partial charge < -0.3 is 15.1 Å². The third-order valence-corrected chi connectivity index (χ3v) is 5.00. The van der Waals surface area contributed by atoms with E-state index in [-0.39, 0.29) is 17.7 Å². The van der Waals surface area contributed by atoms with Gasteiger partial charge in [0.05, 0.1) is 0 Å². The van der Waals surface area contributed by atoms with Gasteiger partial charge in [0.15, 0.2) is 11.5 Å². The highest BCUT2D eigenvalue weighted by Crippen LogP contribution is 2.29. The van der Waals surface area contributed by atoms with E-state index < -0.39 is 0 Å². The van der Waals surface area contributed by atoms with Crippen LogP contribution in [0.1, 0.15) is 47.1 Å². The van der Waals surface area contributed by atoms with Crippen molar-refractivity contribution in [3.63, 3.8) is 0 Å². The van der Waals surface area contributed by atoms with Gasteiger partial charge in [0.25, 0.3) is 5.91 Å². The molecule has 1 aromatic carbocycles. The predicted octanol–water partition coefficient (Wildman–Crippen LogP) is 2.77. The second-order valence-electron chi connectivity index (χ2n) is 6.66. The molecule has 2 fully saturated rings. The highest BCUT2D eigenvalue weighted by atomic mass is 16.3. The first kappa shape index (κ1) is 15.1. The highest BCUT2D eigenvalue weighted by molar-refractivity contribution is 5.95. The summed E-state index contributed by atoms with van der Waals surface area (Å²) in [6, 6.07) is 11.8.